The molecule has 1 saturated heterocycles. The van der Waals surface area contributed by atoms with Crippen LogP contribution in [-0.4, -0.2) is 93.3 Å². The molecule has 0 atom stereocenters. The number of halogens is 1. The highest BCUT2D eigenvalue weighted by atomic mass is 127. The van der Waals surface area contributed by atoms with E-state index in [1.807, 2.05) is 25.7 Å². The van der Waals surface area contributed by atoms with Gasteiger partial charge in [-0.15, -0.1) is 24.0 Å². The van der Waals surface area contributed by atoms with Crippen LogP contribution in [0.4, 0.5) is 0 Å². The van der Waals surface area contributed by atoms with Gasteiger partial charge in [-0.25, -0.2) is 13.4 Å². The number of guanidine groups is 1. The molecule has 0 aromatic carbocycles. The summed E-state index contributed by atoms with van der Waals surface area (Å²) < 4.78 is 31.9. The summed E-state index contributed by atoms with van der Waals surface area (Å²) in [7, 11) is -3.33. The Balaban J connectivity index is 0.00000480. The smallest absolute Gasteiger partial charge is 0.242 e. The van der Waals surface area contributed by atoms with Crippen molar-refractivity contribution in [2.45, 2.75) is 65.0 Å². The molecule has 2 rings (SSSR count). The van der Waals surface area contributed by atoms with Gasteiger partial charge in [-0.3, -0.25) is 4.79 Å². The van der Waals surface area contributed by atoms with Gasteiger partial charge in [-0.05, 0) is 33.6 Å². The first kappa shape index (κ1) is 28.4. The average molecular weight is 574 g/mol. The number of sulfonamides is 1. The number of nitrogens with zero attached hydrogens (tertiary/aromatic N) is 3. The summed E-state index contributed by atoms with van der Waals surface area (Å²) in [5.41, 5.74) is 0. The lowest BCUT2D eigenvalue weighted by molar-refractivity contribution is -0.120. The van der Waals surface area contributed by atoms with Gasteiger partial charge in [0.25, 0.3) is 0 Å². The second-order valence-electron chi connectivity index (χ2n) is 8.19. The van der Waals surface area contributed by atoms with Gasteiger partial charge < -0.3 is 20.3 Å². The van der Waals surface area contributed by atoms with E-state index in [2.05, 4.69) is 15.6 Å². The van der Waals surface area contributed by atoms with E-state index in [4.69, 9.17) is 4.74 Å². The highest BCUT2D eigenvalue weighted by Gasteiger charge is 2.28. The zero-order valence-electron chi connectivity index (χ0n) is 19.1. The number of hydrogen-bond donors (Lipinski definition) is 2. The van der Waals surface area contributed by atoms with Crippen molar-refractivity contribution in [1.29, 1.82) is 0 Å². The molecular weight excluding hydrogens is 533 g/mol. The molecule has 182 valence electrons. The molecule has 11 heteroatoms. The first-order chi connectivity index (χ1) is 14.3. The third-order valence-electron chi connectivity index (χ3n) is 5.40. The summed E-state index contributed by atoms with van der Waals surface area (Å²) in [4.78, 5) is 18.8. The summed E-state index contributed by atoms with van der Waals surface area (Å²) in [5.74, 6) is 0.612. The Bertz CT molecular complexity index is 660. The second kappa shape index (κ2) is 14.5. The Hall–Kier alpha value is -0.660. The number of carbonyl (C=O) groups is 1. The minimum atomic E-state index is -3.33. The maximum Gasteiger partial charge on any atom is 0.242 e. The number of carbonyl (C=O) groups excluding carboxylic acids is 1. The van der Waals surface area contributed by atoms with Gasteiger partial charge in [0.05, 0.1) is 18.5 Å². The molecule has 0 aromatic heterocycles. The van der Waals surface area contributed by atoms with E-state index in [1.165, 1.54) is 23.6 Å². The van der Waals surface area contributed by atoms with Crippen LogP contribution in [0.15, 0.2) is 4.99 Å². The molecule has 1 heterocycles. The van der Waals surface area contributed by atoms with Gasteiger partial charge in [0.2, 0.25) is 15.9 Å². The van der Waals surface area contributed by atoms with Crippen molar-refractivity contribution in [3.05, 3.63) is 0 Å². The van der Waals surface area contributed by atoms with E-state index in [-0.39, 0.29) is 60.9 Å². The number of nitrogens with one attached hydrogen (secondary N) is 2. The molecule has 0 aromatic rings. The zero-order chi connectivity index (χ0) is 22.0. The topological polar surface area (TPSA) is 103 Å². The largest absolute Gasteiger partial charge is 0.378 e. The zero-order valence-corrected chi connectivity index (χ0v) is 22.3. The van der Waals surface area contributed by atoms with Gasteiger partial charge in [0.1, 0.15) is 6.54 Å². The Morgan fingerprint density at radius 3 is 2.35 bits per heavy atom. The highest BCUT2D eigenvalue weighted by molar-refractivity contribution is 14.0. The minimum absolute atomic E-state index is 0. The van der Waals surface area contributed by atoms with Crippen LogP contribution in [0.1, 0.15) is 52.9 Å². The summed E-state index contributed by atoms with van der Waals surface area (Å²) in [6, 6.07) is 0.275. The quantitative estimate of drug-likeness (QED) is 0.246. The van der Waals surface area contributed by atoms with E-state index in [0.29, 0.717) is 38.7 Å². The van der Waals surface area contributed by atoms with Crippen molar-refractivity contribution < 1.29 is 17.9 Å². The normalized spacial score (nSPS) is 19.2. The van der Waals surface area contributed by atoms with E-state index < -0.39 is 10.0 Å². The Morgan fingerprint density at radius 1 is 1.13 bits per heavy atom. The van der Waals surface area contributed by atoms with Crippen LogP contribution in [0, 0.1) is 0 Å². The molecule has 0 bridgehead atoms. The molecule has 31 heavy (non-hydrogen) atoms. The van der Waals surface area contributed by atoms with Crippen molar-refractivity contribution in [1.82, 2.24) is 19.8 Å². The number of hydrogen-bond acceptors (Lipinski definition) is 5. The SMILES string of the molecule is CCNC(=NCC(=O)NC1CCCCC1)N1CCN(S(=O)(=O)CCOC(C)C)CC1.I. The predicted octanol–water partition coefficient (Wildman–Crippen LogP) is 1.39. The third-order valence-corrected chi connectivity index (χ3v) is 7.24. The first-order valence-electron chi connectivity index (χ1n) is 11.2. The Kier molecular flexibility index (Phi) is 13.3. The van der Waals surface area contributed by atoms with Gasteiger partial charge in [0.15, 0.2) is 5.96 Å². The molecule has 9 nitrogen and oxygen atoms in total. The van der Waals surface area contributed by atoms with Crippen LogP contribution in [-0.2, 0) is 19.6 Å². The summed E-state index contributed by atoms with van der Waals surface area (Å²) in [6.45, 7) is 8.64. The highest BCUT2D eigenvalue weighted by Crippen LogP contribution is 2.17. The van der Waals surface area contributed by atoms with Gasteiger partial charge in [0, 0.05) is 38.8 Å². The number of aliphatic imine (C=N–C) groups is 1. The van der Waals surface area contributed by atoms with E-state index >= 15 is 0 Å². The maximum atomic E-state index is 12.5. The molecule has 0 unspecified atom stereocenters. The average Bonchev–Trinajstić information content (AvgIpc) is 2.71. The lowest BCUT2D eigenvalue weighted by atomic mass is 9.95. The van der Waals surface area contributed by atoms with E-state index in [1.54, 1.807) is 0 Å². The lowest BCUT2D eigenvalue weighted by Crippen LogP contribution is -2.54. The van der Waals surface area contributed by atoms with Crippen molar-refractivity contribution in [3.8, 4) is 0 Å². The van der Waals surface area contributed by atoms with Crippen LogP contribution in [0.25, 0.3) is 0 Å². The lowest BCUT2D eigenvalue weighted by Gasteiger charge is -2.35. The van der Waals surface area contributed by atoms with Crippen molar-refractivity contribution in [3.63, 3.8) is 0 Å². The first-order valence-corrected chi connectivity index (χ1v) is 12.8. The Morgan fingerprint density at radius 2 is 1.77 bits per heavy atom. The van der Waals surface area contributed by atoms with Gasteiger partial charge >= 0.3 is 0 Å². The van der Waals surface area contributed by atoms with Crippen LogP contribution in [0.5, 0.6) is 0 Å². The molecule has 1 amide bonds. The molecule has 2 N–H and O–H groups in total. The third kappa shape index (κ3) is 10.2. The van der Waals surface area contributed by atoms with Crippen molar-refractivity contribution in [2.24, 2.45) is 4.99 Å². The van der Waals surface area contributed by atoms with Crippen LogP contribution in [0.3, 0.4) is 0 Å². The van der Waals surface area contributed by atoms with E-state index in [9.17, 15) is 13.2 Å². The molecular formula is C20H40IN5O4S. The van der Waals surface area contributed by atoms with Crippen LogP contribution in [0.2, 0.25) is 0 Å². The van der Waals surface area contributed by atoms with Crippen LogP contribution < -0.4 is 10.6 Å². The number of piperazine rings is 1. The molecule has 1 saturated carbocycles. The molecule has 0 spiro atoms. The fraction of sp³-hybridized carbons (Fsp3) is 0.900. The predicted molar refractivity (Wildman–Crippen MR) is 134 cm³/mol. The summed E-state index contributed by atoms with van der Waals surface area (Å²) in [5, 5.41) is 6.30. The molecule has 0 radical (unpaired) electrons. The maximum absolute atomic E-state index is 12.5. The standard InChI is InChI=1S/C20H39N5O4S.HI/c1-4-21-20(22-16-19(26)23-18-8-6-5-7-9-18)24-10-12-25(13-11-24)30(27,28)15-14-29-17(2)3;/h17-18H,4-16H2,1-3H3,(H,21,22)(H,23,26);1H. The molecule has 2 fully saturated rings. The number of rotatable bonds is 9. The molecule has 1 aliphatic carbocycles. The number of amides is 1. The van der Waals surface area contributed by atoms with Crippen molar-refractivity contribution in [2.75, 3.05) is 51.6 Å². The monoisotopic (exact) mass is 573 g/mol. The molecule has 2 aliphatic rings. The molecule has 1 aliphatic heterocycles. The summed E-state index contributed by atoms with van der Waals surface area (Å²) >= 11 is 0. The minimum Gasteiger partial charge on any atom is -0.378 e. The fourth-order valence-corrected chi connectivity index (χ4v) is 5.07. The number of ether oxygens (including phenoxy) is 1. The summed E-state index contributed by atoms with van der Waals surface area (Å²) in [6.07, 6.45) is 5.72. The fourth-order valence-electron chi connectivity index (χ4n) is 3.79. The van der Waals surface area contributed by atoms with Gasteiger partial charge in [-0.2, -0.15) is 4.31 Å². The van der Waals surface area contributed by atoms with Crippen LogP contribution >= 0.6 is 24.0 Å². The Labute approximate surface area is 204 Å². The van der Waals surface area contributed by atoms with E-state index in [0.717, 1.165) is 12.8 Å². The second-order valence-corrected chi connectivity index (χ2v) is 10.3. The van der Waals surface area contributed by atoms with Crippen molar-refractivity contribution >= 4 is 45.9 Å². The van der Waals surface area contributed by atoms with Gasteiger partial charge in [-0.1, -0.05) is 19.3 Å².